The summed E-state index contributed by atoms with van der Waals surface area (Å²) in [5.41, 5.74) is 6.82. The lowest BCUT2D eigenvalue weighted by Crippen LogP contribution is -2.58. The van der Waals surface area contributed by atoms with Gasteiger partial charge in [-0.25, -0.2) is 8.78 Å². The average molecular weight is 903 g/mol. The van der Waals surface area contributed by atoms with Gasteiger partial charge in [-0.1, -0.05) is 51.1 Å². The predicted molar refractivity (Wildman–Crippen MR) is 236 cm³/mol. The van der Waals surface area contributed by atoms with Crippen LogP contribution < -0.4 is 32.3 Å². The maximum atomic E-state index is 15.2. The number of nitrogens with zero attached hydrogens (tertiary/aromatic N) is 3. The lowest BCUT2D eigenvalue weighted by Gasteiger charge is -2.41. The molecule has 19 heteroatoms. The third-order valence-electron chi connectivity index (χ3n) is 10.4. The summed E-state index contributed by atoms with van der Waals surface area (Å²) in [6, 6.07) is 10.5. The largest absolute Gasteiger partial charge is 0.387 e. The van der Waals surface area contributed by atoms with Crippen molar-refractivity contribution in [1.29, 1.82) is 0 Å². The fraction of sp³-hybridized carbons (Fsp3) is 0.391. The zero-order chi connectivity index (χ0) is 48.9. The van der Waals surface area contributed by atoms with Crippen LogP contribution >= 0.6 is 0 Å². The van der Waals surface area contributed by atoms with Crippen LogP contribution in [0.4, 0.5) is 8.78 Å². The molecule has 8 N–H and O–H groups in total. The number of amides is 7. The molecule has 0 spiro atoms. The van der Waals surface area contributed by atoms with Crippen LogP contribution in [-0.2, 0) is 46.5 Å². The highest BCUT2D eigenvalue weighted by molar-refractivity contribution is 5.97. The second-order valence-electron chi connectivity index (χ2n) is 16.6. The second kappa shape index (κ2) is 23.1. The highest BCUT2D eigenvalue weighted by Crippen LogP contribution is 2.41. The number of carbonyl (C=O) groups is 7. The first kappa shape index (κ1) is 49.0. The summed E-state index contributed by atoms with van der Waals surface area (Å²) in [7, 11) is 1.30. The van der Waals surface area contributed by atoms with Crippen molar-refractivity contribution in [3.05, 3.63) is 114 Å². The quantitative estimate of drug-likeness (QED) is 0.0646. The number of nitrogens with two attached hydrogens (primary N) is 1. The number of pyridine rings is 1. The van der Waals surface area contributed by atoms with Crippen molar-refractivity contribution >= 4 is 41.4 Å². The Kier molecular flexibility index (Phi) is 17.4. The van der Waals surface area contributed by atoms with Crippen molar-refractivity contribution < 1.29 is 48.9 Å². The number of benzene rings is 2. The number of aromatic nitrogens is 2. The molecular formula is C46H57F2N9O8. The van der Waals surface area contributed by atoms with E-state index in [9.17, 15) is 43.1 Å². The zero-order valence-electron chi connectivity index (χ0n) is 38.1. The van der Waals surface area contributed by atoms with Crippen LogP contribution in [0.25, 0.3) is 11.1 Å². The van der Waals surface area contributed by atoms with E-state index < -0.39 is 102 Å². The Labute approximate surface area is 377 Å². The van der Waals surface area contributed by atoms with Crippen molar-refractivity contribution in [2.24, 2.45) is 11.1 Å². The molecule has 2 heterocycles. The van der Waals surface area contributed by atoms with Crippen LogP contribution in [0, 0.1) is 17.0 Å². The minimum absolute atomic E-state index is 0.0223. The number of hydrogen-bond donors (Lipinski definition) is 7. The molecule has 0 aliphatic carbocycles. The minimum atomic E-state index is -1.66. The molecule has 65 heavy (non-hydrogen) atoms. The molecule has 0 aliphatic heterocycles. The maximum absolute atomic E-state index is 15.2. The van der Waals surface area contributed by atoms with E-state index in [0.717, 1.165) is 23.8 Å². The number of aliphatic hydroxyl groups is 1. The van der Waals surface area contributed by atoms with Crippen LogP contribution in [-0.4, -0.2) is 105 Å². The van der Waals surface area contributed by atoms with E-state index in [2.05, 4.69) is 26.3 Å². The van der Waals surface area contributed by atoms with Gasteiger partial charge in [0.1, 0.15) is 42.4 Å². The monoisotopic (exact) mass is 902 g/mol. The lowest BCUT2D eigenvalue weighted by molar-refractivity contribution is -0.140. The first-order valence-corrected chi connectivity index (χ1v) is 20.9. The number of hydrogen-bond acceptors (Lipinski definition) is 9. The molecule has 2 aromatic heterocycles. The number of halogens is 2. The van der Waals surface area contributed by atoms with E-state index >= 15 is 4.39 Å². The topological polar surface area (TPSA) is 247 Å². The van der Waals surface area contributed by atoms with Crippen molar-refractivity contribution in [1.82, 2.24) is 41.0 Å². The maximum Gasteiger partial charge on any atom is 0.248 e. The first-order chi connectivity index (χ1) is 31.1. The predicted octanol–water partition coefficient (Wildman–Crippen LogP) is 2.02. The Bertz CT molecular complexity index is 2360. The normalized spacial score (nSPS) is 13.8. The third kappa shape index (κ3) is 14.5. The van der Waals surface area contributed by atoms with E-state index in [1.165, 1.54) is 38.2 Å². The van der Waals surface area contributed by atoms with Gasteiger partial charge in [0, 0.05) is 55.5 Å². The Morgan fingerprint density at radius 3 is 2.11 bits per heavy atom. The molecule has 0 aliphatic rings. The molecule has 0 saturated carbocycles. The molecule has 2 aromatic carbocycles. The van der Waals surface area contributed by atoms with Crippen LogP contribution in [0.3, 0.4) is 0 Å². The van der Waals surface area contributed by atoms with Gasteiger partial charge >= 0.3 is 0 Å². The molecule has 0 bridgehead atoms. The standard InChI is InChI=1S/C46H57F2N9O8/c1-27(52-39(60)20-29-14-17-51-18-15-29)42(62)53-28(2)43(63)55-36(23-38(49)59)45(65)54-35(44(64)50-6)16-19-57(40(61)26-58)41(46(3,4)5)37-21-31(33-22-32(47)12-13-34(33)48)25-56(37)24-30-10-8-7-9-11-30/h7-15,17-18,21-22,25,27-28,35-36,41,58H,16,19-20,23-24,26H2,1-6H3,(H2,49,59)(H,50,64)(H,52,60)(H,53,62)(H,54,65)(H,55,63)/t27-,28-,35-,36-,41-/m0/s1/i/hD. The molecule has 4 rings (SSSR count). The summed E-state index contributed by atoms with van der Waals surface area (Å²) in [6.07, 6.45) is 3.42. The number of nitrogens with one attached hydrogen (secondary N) is 5. The van der Waals surface area contributed by atoms with Gasteiger partial charge in [-0.15, -0.1) is 0 Å². The fourth-order valence-electron chi connectivity index (χ4n) is 7.19. The lowest BCUT2D eigenvalue weighted by atomic mass is 9.82. The van der Waals surface area contributed by atoms with Gasteiger partial charge in [0.2, 0.25) is 41.4 Å². The Balaban J connectivity index is 1.57. The molecule has 17 nitrogen and oxygen atoms in total. The molecule has 4 aromatic rings. The summed E-state index contributed by atoms with van der Waals surface area (Å²) in [5, 5.41) is 20.5. The zero-order valence-corrected chi connectivity index (χ0v) is 37.1. The highest BCUT2D eigenvalue weighted by Gasteiger charge is 2.38. The second-order valence-corrected chi connectivity index (χ2v) is 16.6. The molecule has 0 fully saturated rings. The van der Waals surface area contributed by atoms with E-state index in [0.29, 0.717) is 22.1 Å². The first-order valence-electron chi connectivity index (χ1n) is 21.3. The van der Waals surface area contributed by atoms with Gasteiger partial charge in [-0.2, -0.15) is 0 Å². The van der Waals surface area contributed by atoms with Gasteiger partial charge in [0.25, 0.3) is 0 Å². The van der Waals surface area contributed by atoms with Crippen molar-refractivity contribution in [2.75, 3.05) is 20.2 Å². The van der Waals surface area contributed by atoms with Crippen molar-refractivity contribution in [3.8, 4) is 11.1 Å². The third-order valence-corrected chi connectivity index (χ3v) is 10.4. The van der Waals surface area contributed by atoms with Crippen molar-refractivity contribution in [2.45, 2.75) is 90.6 Å². The highest BCUT2D eigenvalue weighted by atomic mass is 19.1. The summed E-state index contributed by atoms with van der Waals surface area (Å²) in [6.45, 7) is 7.11. The number of carbonyl (C=O) groups excluding carboxylic acids is 7. The molecule has 0 saturated heterocycles. The molecule has 7 amide bonds. The van der Waals surface area contributed by atoms with Crippen molar-refractivity contribution in [3.63, 3.8) is 0 Å². The number of aliphatic hydroxyl groups excluding tert-OH is 1. The molecule has 5 atom stereocenters. The molecule has 0 unspecified atom stereocenters. The summed E-state index contributed by atoms with van der Waals surface area (Å²) in [4.78, 5) is 97.3. The SMILES string of the molecule is [2H]N(C(=O)Cc1ccncc1)[C@@H](C)C(=O)N[C@@H](C)C(=O)N[C@@H](CC(N)=O)C(=O)N[C@@H](CCN(C(=O)CO)[C@@H](c1cc(-c2cc(F)ccc2F)cn1Cc1ccccc1)C(C)(C)C)C(=O)NC. The Morgan fingerprint density at radius 2 is 1.49 bits per heavy atom. The fourth-order valence-corrected chi connectivity index (χ4v) is 7.19. The van der Waals surface area contributed by atoms with Crippen LogP contribution in [0.15, 0.2) is 85.3 Å². The van der Waals surface area contributed by atoms with Gasteiger partial charge in [-0.3, -0.25) is 38.5 Å². The van der Waals surface area contributed by atoms with Gasteiger partial charge in [0.05, 0.1) is 18.9 Å². The van der Waals surface area contributed by atoms with E-state index in [-0.39, 0.29) is 31.5 Å². The Hall–Kier alpha value is -7.02. The van der Waals surface area contributed by atoms with E-state index in [1.807, 2.05) is 51.1 Å². The average Bonchev–Trinajstić information content (AvgIpc) is 3.68. The van der Waals surface area contributed by atoms with Gasteiger partial charge in [-0.05, 0) is 73.2 Å². The number of likely N-dealkylation sites (N-methyl/N-ethyl adjacent to an activating group) is 1. The van der Waals surface area contributed by atoms with Crippen LogP contribution in [0.1, 0.15) is 70.3 Å². The summed E-state index contributed by atoms with van der Waals surface area (Å²) < 4.78 is 39.7. The van der Waals surface area contributed by atoms with E-state index in [1.54, 1.807) is 29.0 Å². The van der Waals surface area contributed by atoms with Gasteiger partial charge < -0.3 is 46.9 Å². The Morgan fingerprint density at radius 1 is 0.846 bits per heavy atom. The molecule has 348 valence electrons. The summed E-state index contributed by atoms with van der Waals surface area (Å²) >= 11 is 0. The summed E-state index contributed by atoms with van der Waals surface area (Å²) in [5.74, 6) is -7.36. The minimum Gasteiger partial charge on any atom is -0.387 e. The van der Waals surface area contributed by atoms with Crippen LogP contribution in [0.2, 0.25) is 1.41 Å². The smallest absolute Gasteiger partial charge is 0.248 e. The van der Waals surface area contributed by atoms with E-state index in [4.69, 9.17) is 7.15 Å². The molecular weight excluding hydrogens is 845 g/mol. The van der Waals surface area contributed by atoms with Gasteiger partial charge in [0.15, 0.2) is 1.41 Å². The number of primary amides is 1. The number of rotatable bonds is 21. The molecule has 0 radical (unpaired) electrons. The van der Waals surface area contributed by atoms with Crippen LogP contribution in [0.5, 0.6) is 0 Å².